The summed E-state index contributed by atoms with van der Waals surface area (Å²) in [5, 5.41) is 2.96. The number of hydrogen-bond acceptors (Lipinski definition) is 3. The van der Waals surface area contributed by atoms with Crippen LogP contribution in [0.25, 0.3) is 0 Å². The van der Waals surface area contributed by atoms with Gasteiger partial charge in [0.2, 0.25) is 5.91 Å². The van der Waals surface area contributed by atoms with Crippen molar-refractivity contribution >= 4 is 5.91 Å². The fourth-order valence-corrected chi connectivity index (χ4v) is 2.13. The number of ether oxygens (including phenoxy) is 2. The van der Waals surface area contributed by atoms with Gasteiger partial charge in [-0.1, -0.05) is 26.3 Å². The first-order valence-corrected chi connectivity index (χ1v) is 6.87. The Balaban J connectivity index is 1.91. The minimum atomic E-state index is 0.0715. The van der Waals surface area contributed by atoms with E-state index in [0.717, 1.165) is 29.9 Å². The normalized spacial score (nSPS) is 14.8. The maximum Gasteiger partial charge on any atom is 0.223 e. The van der Waals surface area contributed by atoms with E-state index >= 15 is 0 Å². The SMILES string of the molecule is CCCC(C)C(=O)NCc1ccc2c(c1)OCCO2. The van der Waals surface area contributed by atoms with E-state index in [-0.39, 0.29) is 11.8 Å². The third kappa shape index (κ3) is 3.63. The molecule has 0 fully saturated rings. The van der Waals surface area contributed by atoms with Crippen LogP contribution < -0.4 is 14.8 Å². The molecule has 0 saturated carbocycles. The number of nitrogens with one attached hydrogen (secondary N) is 1. The Hall–Kier alpha value is -1.71. The highest BCUT2D eigenvalue weighted by molar-refractivity contribution is 5.78. The Morgan fingerprint density at radius 1 is 1.32 bits per heavy atom. The van der Waals surface area contributed by atoms with E-state index in [0.29, 0.717) is 19.8 Å². The van der Waals surface area contributed by atoms with Gasteiger partial charge in [0.1, 0.15) is 13.2 Å². The molecule has 0 aliphatic carbocycles. The number of hydrogen-bond donors (Lipinski definition) is 1. The van der Waals surface area contributed by atoms with Crippen LogP contribution in [0.2, 0.25) is 0 Å². The number of amides is 1. The lowest BCUT2D eigenvalue weighted by Crippen LogP contribution is -2.28. The molecule has 1 N–H and O–H groups in total. The standard InChI is InChI=1S/C15H21NO3/c1-3-4-11(2)15(17)16-10-12-5-6-13-14(9-12)19-8-7-18-13/h5-6,9,11H,3-4,7-8,10H2,1-2H3,(H,16,17). The second kappa shape index (κ2) is 6.45. The quantitative estimate of drug-likeness (QED) is 0.888. The molecule has 0 aromatic heterocycles. The van der Waals surface area contributed by atoms with E-state index in [2.05, 4.69) is 12.2 Å². The van der Waals surface area contributed by atoms with Crippen LogP contribution in [-0.2, 0) is 11.3 Å². The van der Waals surface area contributed by atoms with Crippen molar-refractivity contribution in [2.24, 2.45) is 5.92 Å². The van der Waals surface area contributed by atoms with Crippen molar-refractivity contribution in [3.8, 4) is 11.5 Å². The van der Waals surface area contributed by atoms with Crippen LogP contribution in [0.1, 0.15) is 32.3 Å². The Bertz CT molecular complexity index is 445. The van der Waals surface area contributed by atoms with Crippen LogP contribution in [0.15, 0.2) is 18.2 Å². The van der Waals surface area contributed by atoms with Gasteiger partial charge in [0.15, 0.2) is 11.5 Å². The predicted octanol–water partition coefficient (Wildman–Crippen LogP) is 2.51. The van der Waals surface area contributed by atoms with Gasteiger partial charge in [-0.25, -0.2) is 0 Å². The molecule has 0 bridgehead atoms. The average Bonchev–Trinajstić information content (AvgIpc) is 2.44. The molecule has 104 valence electrons. The topological polar surface area (TPSA) is 47.6 Å². The first-order valence-electron chi connectivity index (χ1n) is 6.87. The van der Waals surface area contributed by atoms with Gasteiger partial charge in [0.25, 0.3) is 0 Å². The number of rotatable bonds is 5. The molecule has 4 heteroatoms. The van der Waals surface area contributed by atoms with Crippen LogP contribution in [0, 0.1) is 5.92 Å². The molecule has 1 heterocycles. The first kappa shape index (κ1) is 13.7. The maximum atomic E-state index is 11.8. The summed E-state index contributed by atoms with van der Waals surface area (Å²) in [7, 11) is 0. The number of carbonyl (C=O) groups excluding carboxylic acids is 1. The fraction of sp³-hybridized carbons (Fsp3) is 0.533. The lowest BCUT2D eigenvalue weighted by atomic mass is 10.1. The van der Waals surface area contributed by atoms with E-state index in [9.17, 15) is 4.79 Å². The van der Waals surface area contributed by atoms with E-state index < -0.39 is 0 Å². The van der Waals surface area contributed by atoms with Gasteiger partial charge in [-0.05, 0) is 24.1 Å². The predicted molar refractivity (Wildman–Crippen MR) is 73.4 cm³/mol. The highest BCUT2D eigenvalue weighted by Crippen LogP contribution is 2.30. The molecule has 1 amide bonds. The Morgan fingerprint density at radius 3 is 2.79 bits per heavy atom. The molecule has 1 atom stereocenters. The van der Waals surface area contributed by atoms with Crippen molar-refractivity contribution in [2.45, 2.75) is 33.2 Å². The molecule has 0 saturated heterocycles. The Labute approximate surface area is 114 Å². The molecule has 19 heavy (non-hydrogen) atoms. The number of fused-ring (bicyclic) bond motifs is 1. The molecule has 1 aromatic carbocycles. The van der Waals surface area contributed by atoms with Crippen LogP contribution in [0.3, 0.4) is 0 Å². The van der Waals surface area contributed by atoms with Gasteiger partial charge in [-0.2, -0.15) is 0 Å². The molecule has 2 rings (SSSR count). The summed E-state index contributed by atoms with van der Waals surface area (Å²) in [5.41, 5.74) is 1.03. The van der Waals surface area contributed by atoms with E-state index in [1.165, 1.54) is 0 Å². The van der Waals surface area contributed by atoms with E-state index in [1.807, 2.05) is 25.1 Å². The summed E-state index contributed by atoms with van der Waals surface area (Å²) < 4.78 is 11.0. The lowest BCUT2D eigenvalue weighted by Gasteiger charge is -2.19. The summed E-state index contributed by atoms with van der Waals surface area (Å²) in [5.74, 6) is 1.72. The fourth-order valence-electron chi connectivity index (χ4n) is 2.13. The second-order valence-corrected chi connectivity index (χ2v) is 4.89. The zero-order valence-corrected chi connectivity index (χ0v) is 11.6. The first-order chi connectivity index (χ1) is 9.20. The smallest absolute Gasteiger partial charge is 0.223 e. The lowest BCUT2D eigenvalue weighted by molar-refractivity contribution is -0.124. The molecule has 0 spiro atoms. The average molecular weight is 263 g/mol. The van der Waals surface area contributed by atoms with Gasteiger partial charge in [-0.15, -0.1) is 0 Å². The molecule has 1 aliphatic heterocycles. The molecule has 0 radical (unpaired) electrons. The molecule has 4 nitrogen and oxygen atoms in total. The zero-order chi connectivity index (χ0) is 13.7. The minimum absolute atomic E-state index is 0.0715. The van der Waals surface area contributed by atoms with Gasteiger partial charge in [-0.3, -0.25) is 4.79 Å². The highest BCUT2D eigenvalue weighted by Gasteiger charge is 2.13. The van der Waals surface area contributed by atoms with Gasteiger partial charge in [0, 0.05) is 12.5 Å². The van der Waals surface area contributed by atoms with Crippen LogP contribution >= 0.6 is 0 Å². The molecule has 1 unspecified atom stereocenters. The summed E-state index contributed by atoms with van der Waals surface area (Å²) in [6.45, 7) is 5.75. The molecular formula is C15H21NO3. The van der Waals surface area contributed by atoms with Crippen LogP contribution in [-0.4, -0.2) is 19.1 Å². The van der Waals surface area contributed by atoms with Crippen molar-refractivity contribution in [3.05, 3.63) is 23.8 Å². The van der Waals surface area contributed by atoms with Gasteiger partial charge >= 0.3 is 0 Å². The molecular weight excluding hydrogens is 242 g/mol. The van der Waals surface area contributed by atoms with Crippen molar-refractivity contribution in [3.63, 3.8) is 0 Å². The van der Waals surface area contributed by atoms with Crippen molar-refractivity contribution in [1.82, 2.24) is 5.32 Å². The summed E-state index contributed by atoms with van der Waals surface area (Å²) in [6, 6.07) is 5.78. The third-order valence-corrected chi connectivity index (χ3v) is 3.24. The van der Waals surface area contributed by atoms with E-state index in [1.54, 1.807) is 0 Å². The Morgan fingerprint density at radius 2 is 2.05 bits per heavy atom. The second-order valence-electron chi connectivity index (χ2n) is 4.89. The van der Waals surface area contributed by atoms with E-state index in [4.69, 9.17) is 9.47 Å². The molecule has 1 aliphatic rings. The van der Waals surface area contributed by atoms with Crippen LogP contribution in [0.5, 0.6) is 11.5 Å². The highest BCUT2D eigenvalue weighted by atomic mass is 16.6. The monoisotopic (exact) mass is 263 g/mol. The zero-order valence-electron chi connectivity index (χ0n) is 11.6. The largest absolute Gasteiger partial charge is 0.486 e. The number of carbonyl (C=O) groups is 1. The summed E-state index contributed by atoms with van der Waals surface area (Å²) >= 11 is 0. The van der Waals surface area contributed by atoms with Crippen molar-refractivity contribution < 1.29 is 14.3 Å². The number of benzene rings is 1. The van der Waals surface area contributed by atoms with Gasteiger partial charge in [0.05, 0.1) is 0 Å². The summed E-state index contributed by atoms with van der Waals surface area (Å²) in [6.07, 6.45) is 1.95. The van der Waals surface area contributed by atoms with Gasteiger partial charge < -0.3 is 14.8 Å². The van der Waals surface area contributed by atoms with Crippen LogP contribution in [0.4, 0.5) is 0 Å². The van der Waals surface area contributed by atoms with Crippen molar-refractivity contribution in [2.75, 3.05) is 13.2 Å². The maximum absolute atomic E-state index is 11.8. The third-order valence-electron chi connectivity index (χ3n) is 3.24. The summed E-state index contributed by atoms with van der Waals surface area (Å²) in [4.78, 5) is 11.8. The van der Waals surface area contributed by atoms with Crippen molar-refractivity contribution in [1.29, 1.82) is 0 Å². The molecule has 1 aromatic rings. The Kier molecular flexibility index (Phi) is 4.66. The minimum Gasteiger partial charge on any atom is -0.486 e.